The van der Waals surface area contributed by atoms with Gasteiger partial charge in [0.1, 0.15) is 11.8 Å². The predicted octanol–water partition coefficient (Wildman–Crippen LogP) is 7.61. The van der Waals surface area contributed by atoms with E-state index in [0.717, 1.165) is 72.8 Å². The number of amides is 1. The number of rotatable bonds is 10. The zero-order valence-electron chi connectivity index (χ0n) is 22.8. The topological polar surface area (TPSA) is 78.4 Å². The smallest absolute Gasteiger partial charge is 0.224 e. The van der Waals surface area contributed by atoms with E-state index in [9.17, 15) is 9.90 Å². The van der Waals surface area contributed by atoms with Crippen molar-refractivity contribution >= 4 is 29.0 Å². The molecule has 1 aliphatic heterocycles. The van der Waals surface area contributed by atoms with Gasteiger partial charge in [0.2, 0.25) is 5.91 Å². The lowest BCUT2D eigenvalue weighted by Crippen LogP contribution is -2.34. The third-order valence-corrected chi connectivity index (χ3v) is 7.53. The van der Waals surface area contributed by atoms with E-state index in [1.807, 2.05) is 54.6 Å². The van der Waals surface area contributed by atoms with Crippen LogP contribution in [0, 0.1) is 6.92 Å². The van der Waals surface area contributed by atoms with Gasteiger partial charge in [-0.25, -0.2) is 9.97 Å². The van der Waals surface area contributed by atoms with Crippen LogP contribution in [-0.4, -0.2) is 34.1 Å². The van der Waals surface area contributed by atoms with Crippen LogP contribution in [0.25, 0.3) is 22.5 Å². The minimum atomic E-state index is -0.653. The molecule has 40 heavy (non-hydrogen) atoms. The summed E-state index contributed by atoms with van der Waals surface area (Å²) < 4.78 is 0. The van der Waals surface area contributed by atoms with Crippen LogP contribution in [0.2, 0.25) is 5.02 Å². The van der Waals surface area contributed by atoms with E-state index in [4.69, 9.17) is 21.6 Å². The number of aryl methyl sites for hydroxylation is 1. The van der Waals surface area contributed by atoms with Gasteiger partial charge >= 0.3 is 0 Å². The average molecular weight is 555 g/mol. The Morgan fingerprint density at radius 2 is 1.55 bits per heavy atom. The van der Waals surface area contributed by atoms with E-state index in [1.165, 1.54) is 5.56 Å². The molecule has 0 radical (unpaired) electrons. The van der Waals surface area contributed by atoms with Crippen molar-refractivity contribution in [2.45, 2.75) is 51.6 Å². The quantitative estimate of drug-likeness (QED) is 0.197. The highest BCUT2D eigenvalue weighted by atomic mass is 35.5. The van der Waals surface area contributed by atoms with Gasteiger partial charge < -0.3 is 15.3 Å². The highest BCUT2D eigenvalue weighted by Crippen LogP contribution is 2.38. The van der Waals surface area contributed by atoms with Crippen molar-refractivity contribution in [2.24, 2.45) is 0 Å². The second-order valence-corrected chi connectivity index (χ2v) is 10.8. The fourth-order valence-corrected chi connectivity index (χ4v) is 5.17. The monoisotopic (exact) mass is 554 g/mol. The van der Waals surface area contributed by atoms with Gasteiger partial charge in [-0.3, -0.25) is 4.79 Å². The first kappa shape index (κ1) is 27.8. The molecule has 0 saturated carbocycles. The molecular weight excluding hydrogens is 520 g/mol. The number of benzene rings is 3. The van der Waals surface area contributed by atoms with Crippen molar-refractivity contribution in [1.29, 1.82) is 0 Å². The fourth-order valence-electron chi connectivity index (χ4n) is 5.04. The Morgan fingerprint density at radius 1 is 0.900 bits per heavy atom. The molecule has 2 heterocycles. The Balaban J connectivity index is 1.27. The van der Waals surface area contributed by atoms with Crippen LogP contribution < -0.4 is 10.2 Å². The molecule has 6 nitrogen and oxygen atoms in total. The lowest BCUT2D eigenvalue weighted by atomic mass is 10.0. The van der Waals surface area contributed by atoms with Gasteiger partial charge in [0, 0.05) is 41.3 Å². The molecule has 2 N–H and O–H groups in total. The zero-order valence-corrected chi connectivity index (χ0v) is 23.6. The van der Waals surface area contributed by atoms with E-state index < -0.39 is 6.10 Å². The Labute approximate surface area is 241 Å². The van der Waals surface area contributed by atoms with E-state index in [0.29, 0.717) is 23.6 Å². The van der Waals surface area contributed by atoms with Gasteiger partial charge in [0.15, 0.2) is 5.82 Å². The normalized spacial score (nSPS) is 14.6. The largest absolute Gasteiger partial charge is 0.387 e. The van der Waals surface area contributed by atoms with Crippen LogP contribution in [0.1, 0.15) is 55.9 Å². The number of para-hydroxylation sites is 1. The molecule has 1 amide bonds. The molecule has 206 valence electrons. The predicted molar refractivity (Wildman–Crippen MR) is 163 cm³/mol. The summed E-state index contributed by atoms with van der Waals surface area (Å²) in [5.74, 6) is 0.815. The van der Waals surface area contributed by atoms with Crippen LogP contribution >= 0.6 is 11.6 Å². The maximum Gasteiger partial charge on any atom is 0.224 e. The summed E-state index contributed by atoms with van der Waals surface area (Å²) >= 11 is 6.16. The summed E-state index contributed by atoms with van der Waals surface area (Å²) in [6, 6.07) is 25.5. The molecule has 3 aromatic carbocycles. The number of carbonyl (C=O) groups excluding carboxylic acids is 1. The lowest BCUT2D eigenvalue weighted by molar-refractivity contribution is -0.116. The van der Waals surface area contributed by atoms with Crippen molar-refractivity contribution < 1.29 is 9.90 Å². The first-order valence-corrected chi connectivity index (χ1v) is 14.4. The van der Waals surface area contributed by atoms with Gasteiger partial charge in [0.05, 0.1) is 11.4 Å². The number of fused-ring (bicyclic) bond motifs is 1. The van der Waals surface area contributed by atoms with Crippen LogP contribution in [0.4, 0.5) is 11.5 Å². The number of nitrogens with zero attached hydrogens (tertiary/aromatic N) is 3. The number of carbonyl (C=O) groups is 1. The summed E-state index contributed by atoms with van der Waals surface area (Å²) in [5, 5.41) is 14.5. The highest BCUT2D eigenvalue weighted by molar-refractivity contribution is 6.30. The van der Waals surface area contributed by atoms with E-state index in [-0.39, 0.29) is 5.91 Å². The Kier molecular flexibility index (Phi) is 9.09. The second-order valence-electron chi connectivity index (χ2n) is 10.4. The molecular formula is C33H35ClN4O2. The maximum absolute atomic E-state index is 12.2. The second kappa shape index (κ2) is 13.1. The number of nitrogens with one attached hydrogen (secondary N) is 1. The Hall–Kier alpha value is -3.74. The minimum absolute atomic E-state index is 0.0561. The van der Waals surface area contributed by atoms with E-state index >= 15 is 0 Å². The van der Waals surface area contributed by atoms with Gasteiger partial charge in [-0.15, -0.1) is 0 Å². The van der Waals surface area contributed by atoms with Crippen LogP contribution in [0.5, 0.6) is 0 Å². The SMILES string of the molecule is Cc1ccc(-c2nc3c(nc2-c2ccc(Cl)cc2)C(O)CCN3CCCCCCC(=O)Nc2ccccc2)cc1. The van der Waals surface area contributed by atoms with E-state index in [2.05, 4.69) is 41.4 Å². The summed E-state index contributed by atoms with van der Waals surface area (Å²) in [7, 11) is 0. The number of aliphatic hydroxyl groups is 1. The molecule has 0 fully saturated rings. The van der Waals surface area contributed by atoms with Gasteiger partial charge in [-0.2, -0.15) is 0 Å². The van der Waals surface area contributed by atoms with Crippen molar-refractivity contribution in [1.82, 2.24) is 9.97 Å². The van der Waals surface area contributed by atoms with Crippen molar-refractivity contribution in [3.63, 3.8) is 0 Å². The molecule has 4 aromatic rings. The average Bonchev–Trinajstić information content (AvgIpc) is 2.97. The first-order chi connectivity index (χ1) is 19.5. The van der Waals surface area contributed by atoms with Crippen molar-refractivity contribution in [3.05, 3.63) is 95.1 Å². The fraction of sp³-hybridized carbons (Fsp3) is 0.303. The number of anilines is 2. The van der Waals surface area contributed by atoms with Crippen LogP contribution in [0.15, 0.2) is 78.9 Å². The zero-order chi connectivity index (χ0) is 27.9. The third-order valence-electron chi connectivity index (χ3n) is 7.27. The molecule has 0 bridgehead atoms. The van der Waals surface area contributed by atoms with Gasteiger partial charge in [-0.05, 0) is 50.5 Å². The number of aliphatic hydroxyl groups excluding tert-OH is 1. The van der Waals surface area contributed by atoms with Crippen molar-refractivity contribution in [3.8, 4) is 22.5 Å². The Bertz CT molecular complexity index is 1430. The molecule has 7 heteroatoms. The van der Waals surface area contributed by atoms with Crippen LogP contribution in [-0.2, 0) is 4.79 Å². The molecule has 0 spiro atoms. The molecule has 1 unspecified atom stereocenters. The summed E-state index contributed by atoms with van der Waals surface area (Å²) in [6.07, 6.45) is 4.33. The number of hydrogen-bond donors (Lipinski definition) is 2. The number of halogens is 1. The number of unbranched alkanes of at least 4 members (excludes halogenated alkanes) is 3. The summed E-state index contributed by atoms with van der Waals surface area (Å²) in [5.41, 5.74) is 6.08. The molecule has 0 aliphatic carbocycles. The van der Waals surface area contributed by atoms with E-state index in [1.54, 1.807) is 0 Å². The third kappa shape index (κ3) is 6.87. The molecule has 0 saturated heterocycles. The summed E-state index contributed by atoms with van der Waals surface area (Å²) in [6.45, 7) is 3.63. The highest BCUT2D eigenvalue weighted by Gasteiger charge is 2.29. The maximum atomic E-state index is 12.2. The Morgan fingerprint density at radius 3 is 2.27 bits per heavy atom. The molecule has 1 aromatic heterocycles. The van der Waals surface area contributed by atoms with Crippen LogP contribution in [0.3, 0.4) is 0 Å². The van der Waals surface area contributed by atoms with Gasteiger partial charge in [0.25, 0.3) is 0 Å². The molecule has 1 atom stereocenters. The lowest BCUT2D eigenvalue weighted by Gasteiger charge is -2.33. The first-order valence-electron chi connectivity index (χ1n) is 14.0. The molecule has 5 rings (SSSR count). The minimum Gasteiger partial charge on any atom is -0.387 e. The standard InChI is InChI=1S/C33H35ClN4O2/c1-23-12-14-24(15-13-23)31-30(25-16-18-26(34)19-17-25)36-32-28(39)20-22-38(33(32)37-31)21-8-3-2-7-11-29(40)35-27-9-5-4-6-10-27/h4-6,9-10,12-19,28,39H,2-3,7-8,11,20-22H2,1H3,(H,35,40). The number of hydrogen-bond acceptors (Lipinski definition) is 5. The molecule has 1 aliphatic rings. The number of aromatic nitrogens is 2. The van der Waals surface area contributed by atoms with Crippen molar-refractivity contribution in [2.75, 3.05) is 23.3 Å². The van der Waals surface area contributed by atoms with Gasteiger partial charge in [-0.1, -0.05) is 84.6 Å². The summed E-state index contributed by atoms with van der Waals surface area (Å²) in [4.78, 5) is 24.6.